The fraction of sp³-hybridized carbons (Fsp3) is 0.407. The molecule has 1 amide bonds. The molecule has 2 aromatic carbocycles. The predicted molar refractivity (Wildman–Crippen MR) is 136 cm³/mol. The highest BCUT2D eigenvalue weighted by Gasteiger charge is 2.51. The van der Waals surface area contributed by atoms with Gasteiger partial charge in [-0.05, 0) is 78.6 Å². The molecule has 1 aliphatic carbocycles. The molecule has 178 valence electrons. The maximum absolute atomic E-state index is 14.0. The molecule has 0 spiro atoms. The third-order valence-corrected chi connectivity index (χ3v) is 7.88. The van der Waals surface area contributed by atoms with Crippen LogP contribution in [0.4, 0.5) is 0 Å². The van der Waals surface area contributed by atoms with Gasteiger partial charge in [0.1, 0.15) is 11.4 Å². The van der Waals surface area contributed by atoms with Crippen molar-refractivity contribution in [2.75, 3.05) is 13.7 Å². The first-order chi connectivity index (χ1) is 16.1. The topological polar surface area (TPSA) is 47.4 Å². The number of halogens is 2. The van der Waals surface area contributed by atoms with Gasteiger partial charge in [0.15, 0.2) is 0 Å². The van der Waals surface area contributed by atoms with Gasteiger partial charge in [0, 0.05) is 18.2 Å². The summed E-state index contributed by atoms with van der Waals surface area (Å²) >= 11 is 12.5. The van der Waals surface area contributed by atoms with Gasteiger partial charge in [-0.3, -0.25) is 4.79 Å². The van der Waals surface area contributed by atoms with Crippen LogP contribution in [0.5, 0.6) is 5.75 Å². The van der Waals surface area contributed by atoms with Gasteiger partial charge in [0.25, 0.3) is 5.91 Å². The van der Waals surface area contributed by atoms with E-state index in [2.05, 4.69) is 25.7 Å². The molecule has 7 heteroatoms. The summed E-state index contributed by atoms with van der Waals surface area (Å²) < 4.78 is 6.98. The summed E-state index contributed by atoms with van der Waals surface area (Å²) in [6.07, 6.45) is 3.19. The normalized spacial score (nSPS) is 23.2. The minimum atomic E-state index is 0.00441. The monoisotopic (exact) mass is 497 g/mol. The van der Waals surface area contributed by atoms with Gasteiger partial charge in [0.05, 0.1) is 28.5 Å². The van der Waals surface area contributed by atoms with Crippen molar-refractivity contribution in [1.82, 2.24) is 14.7 Å². The van der Waals surface area contributed by atoms with E-state index in [0.29, 0.717) is 27.1 Å². The Labute approximate surface area is 210 Å². The third kappa shape index (κ3) is 4.20. The summed E-state index contributed by atoms with van der Waals surface area (Å²) in [5.41, 5.74) is 3.22. The average Bonchev–Trinajstić information content (AvgIpc) is 3.33. The number of benzene rings is 2. The maximum Gasteiger partial charge on any atom is 0.272 e. The van der Waals surface area contributed by atoms with E-state index in [4.69, 9.17) is 33.0 Å². The number of nitrogens with zero attached hydrogens (tertiary/aromatic N) is 3. The quantitative estimate of drug-likeness (QED) is 0.393. The van der Waals surface area contributed by atoms with Crippen molar-refractivity contribution in [2.45, 2.75) is 46.1 Å². The van der Waals surface area contributed by atoms with Gasteiger partial charge in [0.2, 0.25) is 0 Å². The molecule has 1 aliphatic heterocycles. The predicted octanol–water partition coefficient (Wildman–Crippen LogP) is 6.90. The molecule has 1 saturated heterocycles. The van der Waals surface area contributed by atoms with Crippen molar-refractivity contribution in [2.24, 2.45) is 10.8 Å². The molecular formula is C27H29Cl2N3O2. The number of methoxy groups -OCH3 is 1. The summed E-state index contributed by atoms with van der Waals surface area (Å²) in [5.74, 6) is 0.772. The Morgan fingerprint density at radius 2 is 1.76 bits per heavy atom. The van der Waals surface area contributed by atoms with E-state index in [0.717, 1.165) is 37.1 Å². The van der Waals surface area contributed by atoms with Crippen molar-refractivity contribution in [3.63, 3.8) is 0 Å². The molecule has 1 aromatic heterocycles. The van der Waals surface area contributed by atoms with Crippen LogP contribution >= 0.6 is 23.2 Å². The molecule has 5 rings (SSSR count). The zero-order valence-corrected chi connectivity index (χ0v) is 21.5. The number of ether oxygens (including phenoxy) is 1. The summed E-state index contributed by atoms with van der Waals surface area (Å²) in [6.45, 7) is 7.71. The highest BCUT2D eigenvalue weighted by atomic mass is 35.5. The van der Waals surface area contributed by atoms with Crippen LogP contribution in [-0.4, -0.2) is 40.3 Å². The number of carbonyl (C=O) groups is 1. The van der Waals surface area contributed by atoms with Crippen LogP contribution in [0.3, 0.4) is 0 Å². The van der Waals surface area contributed by atoms with Crippen molar-refractivity contribution in [1.29, 1.82) is 0 Å². The number of fused-ring (bicyclic) bond motifs is 2. The van der Waals surface area contributed by atoms with Gasteiger partial charge in [-0.15, -0.1) is 0 Å². The molecule has 3 aromatic rings. The number of aromatic nitrogens is 2. The molecule has 2 heterocycles. The molecular weight excluding hydrogens is 469 g/mol. The van der Waals surface area contributed by atoms with Crippen LogP contribution in [0.15, 0.2) is 48.5 Å². The molecule has 5 nitrogen and oxygen atoms in total. The van der Waals surface area contributed by atoms with Gasteiger partial charge in [-0.1, -0.05) is 44.0 Å². The van der Waals surface area contributed by atoms with Crippen LogP contribution < -0.4 is 4.74 Å². The van der Waals surface area contributed by atoms with E-state index in [1.54, 1.807) is 23.9 Å². The fourth-order valence-electron chi connectivity index (χ4n) is 6.09. The average molecular weight is 498 g/mol. The Balaban J connectivity index is 1.58. The Kier molecular flexibility index (Phi) is 5.69. The van der Waals surface area contributed by atoms with Crippen molar-refractivity contribution < 1.29 is 9.53 Å². The Bertz CT molecular complexity index is 1250. The van der Waals surface area contributed by atoms with Crippen LogP contribution in [-0.2, 0) is 0 Å². The van der Waals surface area contributed by atoms with E-state index in [1.165, 1.54) is 0 Å². The van der Waals surface area contributed by atoms with E-state index in [1.807, 2.05) is 36.4 Å². The first-order valence-electron chi connectivity index (χ1n) is 11.6. The molecule has 2 aliphatic rings. The molecule has 2 atom stereocenters. The number of rotatable bonds is 4. The summed E-state index contributed by atoms with van der Waals surface area (Å²) in [7, 11) is 1.64. The van der Waals surface area contributed by atoms with E-state index < -0.39 is 0 Å². The lowest BCUT2D eigenvalue weighted by Gasteiger charge is -2.39. The number of carbonyl (C=O) groups excluding carboxylic acids is 1. The number of hydrogen-bond donors (Lipinski definition) is 0. The second-order valence-electron chi connectivity index (χ2n) is 10.8. The zero-order chi connectivity index (χ0) is 24.3. The van der Waals surface area contributed by atoms with Crippen LogP contribution in [0, 0.1) is 10.8 Å². The van der Waals surface area contributed by atoms with Gasteiger partial charge in [-0.2, -0.15) is 5.10 Å². The molecule has 34 heavy (non-hydrogen) atoms. The molecule has 0 N–H and O–H groups in total. The summed E-state index contributed by atoms with van der Waals surface area (Å²) in [6, 6.07) is 15.1. The Morgan fingerprint density at radius 3 is 2.44 bits per heavy atom. The SMILES string of the molecule is COc1ccc(-c2cc(C(=O)N3CC4(C)CC3CC(C)(C)C4)n(-c3ccc(Cl)c(Cl)c3)n2)cc1. The Morgan fingerprint density at radius 1 is 1.03 bits per heavy atom. The van der Waals surface area contributed by atoms with Crippen LogP contribution in [0.1, 0.15) is 50.5 Å². The van der Waals surface area contributed by atoms with Crippen LogP contribution in [0.25, 0.3) is 16.9 Å². The fourth-order valence-corrected chi connectivity index (χ4v) is 6.39. The minimum absolute atomic E-state index is 0.00441. The molecule has 2 unspecified atom stereocenters. The largest absolute Gasteiger partial charge is 0.497 e. The standard InChI is InChI=1S/C27H29Cl2N3O2/c1-26(2)13-19-14-27(3,15-26)16-31(19)25(33)24-12-23(17-5-8-20(34-4)9-6-17)30-32(24)18-7-10-21(28)22(29)11-18/h5-12,19H,13-16H2,1-4H3. The van der Waals surface area contributed by atoms with Crippen molar-refractivity contribution in [3.05, 3.63) is 64.3 Å². The van der Waals surface area contributed by atoms with Crippen LogP contribution in [0.2, 0.25) is 10.0 Å². The van der Waals surface area contributed by atoms with E-state index in [-0.39, 0.29) is 22.8 Å². The highest BCUT2D eigenvalue weighted by Crippen LogP contribution is 2.52. The number of hydrogen-bond acceptors (Lipinski definition) is 3. The van der Waals surface area contributed by atoms with Gasteiger partial charge >= 0.3 is 0 Å². The lowest BCUT2D eigenvalue weighted by Crippen LogP contribution is -2.38. The second kappa shape index (κ2) is 8.31. The zero-order valence-electron chi connectivity index (χ0n) is 19.9. The summed E-state index contributed by atoms with van der Waals surface area (Å²) in [5, 5.41) is 5.71. The molecule has 2 bridgehead atoms. The third-order valence-electron chi connectivity index (χ3n) is 7.14. The van der Waals surface area contributed by atoms with Crippen molar-refractivity contribution in [3.8, 4) is 22.7 Å². The highest BCUT2D eigenvalue weighted by molar-refractivity contribution is 6.42. The first kappa shape index (κ1) is 23.3. The summed E-state index contributed by atoms with van der Waals surface area (Å²) in [4.78, 5) is 16.1. The molecule has 2 fully saturated rings. The first-order valence-corrected chi connectivity index (χ1v) is 12.3. The number of likely N-dealkylation sites (tertiary alicyclic amines) is 1. The minimum Gasteiger partial charge on any atom is -0.497 e. The lowest BCUT2D eigenvalue weighted by molar-refractivity contribution is 0.0699. The van der Waals surface area contributed by atoms with Gasteiger partial charge in [-0.25, -0.2) is 4.68 Å². The Hall–Kier alpha value is -2.50. The van der Waals surface area contributed by atoms with Gasteiger partial charge < -0.3 is 9.64 Å². The number of amides is 1. The van der Waals surface area contributed by atoms with E-state index >= 15 is 0 Å². The molecule has 1 saturated carbocycles. The smallest absolute Gasteiger partial charge is 0.272 e. The molecule has 0 radical (unpaired) electrons. The second-order valence-corrected chi connectivity index (χ2v) is 11.6. The lowest BCUT2D eigenvalue weighted by atomic mass is 9.65. The van der Waals surface area contributed by atoms with Crippen molar-refractivity contribution >= 4 is 29.1 Å². The van der Waals surface area contributed by atoms with E-state index in [9.17, 15) is 4.79 Å². The maximum atomic E-state index is 14.0.